The van der Waals surface area contributed by atoms with Crippen LogP contribution in [0.2, 0.25) is 5.02 Å². The molecule has 28 heavy (non-hydrogen) atoms. The molecule has 2 aromatic carbocycles. The van der Waals surface area contributed by atoms with Gasteiger partial charge in [0.05, 0.1) is 16.1 Å². The Balaban J connectivity index is 1.96. The molecule has 1 aliphatic heterocycles. The van der Waals surface area contributed by atoms with Gasteiger partial charge in [0.1, 0.15) is 11.3 Å². The highest BCUT2D eigenvalue weighted by Gasteiger charge is 2.28. The Morgan fingerprint density at radius 1 is 1.11 bits per heavy atom. The van der Waals surface area contributed by atoms with Gasteiger partial charge in [0.25, 0.3) is 10.0 Å². The van der Waals surface area contributed by atoms with Crippen LogP contribution in [0, 0.1) is 0 Å². The van der Waals surface area contributed by atoms with E-state index in [-0.39, 0.29) is 10.8 Å². The zero-order valence-electron chi connectivity index (χ0n) is 15.9. The number of nitrogens with zero attached hydrogens (tertiary/aromatic N) is 3. The summed E-state index contributed by atoms with van der Waals surface area (Å²) in [7, 11) is -3.83. The lowest BCUT2D eigenvalue weighted by atomic mass is 10.2. The fourth-order valence-corrected chi connectivity index (χ4v) is 5.49. The van der Waals surface area contributed by atoms with E-state index in [0.717, 1.165) is 37.4 Å². The van der Waals surface area contributed by atoms with Gasteiger partial charge in [0.15, 0.2) is 0 Å². The minimum absolute atomic E-state index is 0.0581. The summed E-state index contributed by atoms with van der Waals surface area (Å²) in [6, 6.07) is 12.1. The standard InChI is InChI=1S/C20H23ClN4O2S/c1-14(2)20-23-19-17(24-11-9-22-10-12-24)7-4-8-18(19)25(20)28(26,27)16-6-3-5-15(21)13-16/h3-8,13-14,22H,9-12H2,1-2H3. The second kappa shape index (κ2) is 7.39. The van der Waals surface area contributed by atoms with Crippen LogP contribution in [0.4, 0.5) is 5.69 Å². The third-order valence-corrected chi connectivity index (χ3v) is 6.90. The Hall–Kier alpha value is -2.09. The smallest absolute Gasteiger partial charge is 0.269 e. The van der Waals surface area contributed by atoms with Crippen molar-refractivity contribution in [2.75, 3.05) is 31.1 Å². The largest absolute Gasteiger partial charge is 0.367 e. The van der Waals surface area contributed by atoms with E-state index in [9.17, 15) is 8.42 Å². The van der Waals surface area contributed by atoms with E-state index < -0.39 is 10.0 Å². The number of nitrogens with one attached hydrogen (secondary N) is 1. The molecule has 4 rings (SSSR count). The van der Waals surface area contributed by atoms with Crippen LogP contribution in [-0.4, -0.2) is 43.6 Å². The molecular formula is C20H23ClN4O2S. The minimum atomic E-state index is -3.83. The number of rotatable bonds is 4. The van der Waals surface area contributed by atoms with Crippen molar-refractivity contribution in [3.05, 3.63) is 53.3 Å². The summed E-state index contributed by atoms with van der Waals surface area (Å²) in [5, 5.41) is 3.73. The first-order valence-corrected chi connectivity index (χ1v) is 11.2. The third-order valence-electron chi connectivity index (χ3n) is 4.96. The first kappa shape index (κ1) is 19.2. The fourth-order valence-electron chi connectivity index (χ4n) is 3.59. The molecule has 1 fully saturated rings. The summed E-state index contributed by atoms with van der Waals surface area (Å²) in [5.41, 5.74) is 2.29. The monoisotopic (exact) mass is 418 g/mol. The molecule has 8 heteroatoms. The summed E-state index contributed by atoms with van der Waals surface area (Å²) in [6.07, 6.45) is 0. The number of hydrogen-bond acceptors (Lipinski definition) is 5. The maximum absolute atomic E-state index is 13.5. The molecule has 1 aliphatic rings. The lowest BCUT2D eigenvalue weighted by Gasteiger charge is -2.29. The number of fused-ring (bicyclic) bond motifs is 1. The van der Waals surface area contributed by atoms with Gasteiger partial charge in [-0.3, -0.25) is 0 Å². The molecule has 0 spiro atoms. The lowest BCUT2D eigenvalue weighted by Crippen LogP contribution is -2.43. The van der Waals surface area contributed by atoms with E-state index in [4.69, 9.17) is 16.6 Å². The highest BCUT2D eigenvalue weighted by molar-refractivity contribution is 7.90. The van der Waals surface area contributed by atoms with Gasteiger partial charge in [-0.25, -0.2) is 17.4 Å². The second-order valence-corrected chi connectivity index (χ2v) is 9.46. The SMILES string of the molecule is CC(C)c1nc2c(N3CCNCC3)cccc2n1S(=O)(=O)c1cccc(Cl)c1. The first-order chi connectivity index (χ1) is 13.4. The zero-order valence-corrected chi connectivity index (χ0v) is 17.5. The van der Waals surface area contributed by atoms with Crippen LogP contribution in [0.1, 0.15) is 25.6 Å². The minimum Gasteiger partial charge on any atom is -0.367 e. The van der Waals surface area contributed by atoms with Crippen LogP contribution in [-0.2, 0) is 10.0 Å². The Morgan fingerprint density at radius 3 is 2.50 bits per heavy atom. The molecule has 0 bridgehead atoms. The Morgan fingerprint density at radius 2 is 1.82 bits per heavy atom. The van der Waals surface area contributed by atoms with Crippen molar-refractivity contribution in [3.63, 3.8) is 0 Å². The van der Waals surface area contributed by atoms with Gasteiger partial charge >= 0.3 is 0 Å². The van der Waals surface area contributed by atoms with Crippen molar-refractivity contribution < 1.29 is 8.42 Å². The van der Waals surface area contributed by atoms with E-state index in [0.29, 0.717) is 16.4 Å². The molecule has 6 nitrogen and oxygen atoms in total. The van der Waals surface area contributed by atoms with Crippen LogP contribution in [0.15, 0.2) is 47.4 Å². The summed E-state index contributed by atoms with van der Waals surface area (Å²) >= 11 is 6.06. The van der Waals surface area contributed by atoms with Gasteiger partial charge in [-0.15, -0.1) is 0 Å². The van der Waals surface area contributed by atoms with Crippen LogP contribution in [0.5, 0.6) is 0 Å². The highest BCUT2D eigenvalue weighted by atomic mass is 35.5. The quantitative estimate of drug-likeness (QED) is 0.702. The van der Waals surface area contributed by atoms with Gasteiger partial charge in [-0.2, -0.15) is 0 Å². The van der Waals surface area contributed by atoms with Crippen molar-refractivity contribution in [1.82, 2.24) is 14.3 Å². The molecule has 2 heterocycles. The highest BCUT2D eigenvalue weighted by Crippen LogP contribution is 2.33. The molecule has 148 valence electrons. The van der Waals surface area contributed by atoms with E-state index in [1.807, 2.05) is 32.0 Å². The number of hydrogen-bond donors (Lipinski definition) is 1. The van der Waals surface area contributed by atoms with Crippen molar-refractivity contribution in [1.29, 1.82) is 0 Å². The molecule has 1 N–H and O–H groups in total. The van der Waals surface area contributed by atoms with Crippen molar-refractivity contribution >= 4 is 38.3 Å². The normalized spacial score (nSPS) is 15.5. The maximum Gasteiger partial charge on any atom is 0.269 e. The molecule has 0 radical (unpaired) electrons. The van der Waals surface area contributed by atoms with Crippen LogP contribution in [0.3, 0.4) is 0 Å². The number of anilines is 1. The molecule has 0 unspecified atom stereocenters. The van der Waals surface area contributed by atoms with E-state index >= 15 is 0 Å². The van der Waals surface area contributed by atoms with Crippen molar-refractivity contribution in [2.24, 2.45) is 0 Å². The summed E-state index contributed by atoms with van der Waals surface area (Å²) in [5.74, 6) is 0.467. The van der Waals surface area contributed by atoms with Crippen molar-refractivity contribution in [3.8, 4) is 0 Å². The number of imidazole rings is 1. The Kier molecular flexibility index (Phi) is 5.07. The predicted octanol–water partition coefficient (Wildman–Crippen LogP) is 3.46. The van der Waals surface area contributed by atoms with Gasteiger partial charge in [0.2, 0.25) is 0 Å². The van der Waals surface area contributed by atoms with Gasteiger partial charge in [-0.05, 0) is 30.3 Å². The Bertz CT molecular complexity index is 1120. The summed E-state index contributed by atoms with van der Waals surface area (Å²) in [6.45, 7) is 7.43. The number of piperazine rings is 1. The lowest BCUT2D eigenvalue weighted by molar-refractivity contribution is 0.583. The second-order valence-electron chi connectivity index (χ2n) is 7.23. The topological polar surface area (TPSA) is 67.2 Å². The third kappa shape index (κ3) is 3.27. The first-order valence-electron chi connectivity index (χ1n) is 9.38. The molecule has 1 saturated heterocycles. The Labute approximate surface area is 170 Å². The van der Waals surface area contributed by atoms with E-state index in [2.05, 4.69) is 10.2 Å². The van der Waals surface area contributed by atoms with Gasteiger partial charge < -0.3 is 10.2 Å². The molecule has 0 saturated carbocycles. The average molecular weight is 419 g/mol. The number of benzene rings is 2. The van der Waals surface area contributed by atoms with Crippen LogP contribution < -0.4 is 10.2 Å². The number of para-hydroxylation sites is 1. The zero-order chi connectivity index (χ0) is 19.9. The molecule has 1 aromatic heterocycles. The fraction of sp³-hybridized carbons (Fsp3) is 0.350. The van der Waals surface area contributed by atoms with Crippen LogP contribution in [0.25, 0.3) is 11.0 Å². The maximum atomic E-state index is 13.5. The summed E-state index contributed by atoms with van der Waals surface area (Å²) in [4.78, 5) is 7.21. The molecule has 3 aromatic rings. The molecule has 0 amide bonds. The van der Waals surface area contributed by atoms with Crippen molar-refractivity contribution in [2.45, 2.75) is 24.7 Å². The van der Waals surface area contributed by atoms with Crippen LogP contribution >= 0.6 is 11.6 Å². The van der Waals surface area contributed by atoms with E-state index in [1.54, 1.807) is 18.2 Å². The molecule has 0 atom stereocenters. The number of aromatic nitrogens is 2. The molecular weight excluding hydrogens is 396 g/mol. The van der Waals surface area contributed by atoms with Gasteiger partial charge in [-0.1, -0.05) is 37.6 Å². The summed E-state index contributed by atoms with van der Waals surface area (Å²) < 4.78 is 28.4. The average Bonchev–Trinajstić information content (AvgIpc) is 3.09. The number of halogens is 1. The molecule has 0 aliphatic carbocycles. The van der Waals surface area contributed by atoms with Gasteiger partial charge in [0, 0.05) is 37.1 Å². The predicted molar refractivity (Wildman–Crippen MR) is 113 cm³/mol. The van der Waals surface area contributed by atoms with E-state index in [1.165, 1.54) is 10.0 Å².